The first-order valence-corrected chi connectivity index (χ1v) is 5.69. The maximum Gasteiger partial charge on any atom is 0.416 e. The fourth-order valence-corrected chi connectivity index (χ4v) is 1.52. The molecule has 0 aliphatic carbocycles. The van der Waals surface area contributed by atoms with Crippen LogP contribution in [0.2, 0.25) is 0 Å². The Kier molecular flexibility index (Phi) is 4.77. The number of hydrazine groups is 1. The van der Waals surface area contributed by atoms with Gasteiger partial charge < -0.3 is 5.32 Å². The summed E-state index contributed by atoms with van der Waals surface area (Å²) in [7, 11) is 3.16. The molecule has 0 atom stereocenters. The van der Waals surface area contributed by atoms with Crippen LogP contribution in [0, 0.1) is 0 Å². The molecule has 0 unspecified atom stereocenters. The van der Waals surface area contributed by atoms with Crippen molar-refractivity contribution in [3.8, 4) is 0 Å². The number of hydrogen-bond acceptors (Lipinski definition) is 3. The molecule has 106 valence electrons. The maximum atomic E-state index is 12.6. The van der Waals surface area contributed by atoms with Gasteiger partial charge >= 0.3 is 6.18 Å². The molecule has 0 bridgehead atoms. The van der Waals surface area contributed by atoms with Crippen LogP contribution in [0.3, 0.4) is 0 Å². The average Bonchev–Trinajstić information content (AvgIpc) is 2.27. The molecular weight excluding hydrogens is 259 g/mol. The van der Waals surface area contributed by atoms with E-state index in [9.17, 15) is 18.0 Å². The van der Waals surface area contributed by atoms with Gasteiger partial charge in [0.15, 0.2) is 0 Å². The van der Waals surface area contributed by atoms with E-state index in [4.69, 9.17) is 0 Å². The third-order valence-electron chi connectivity index (χ3n) is 2.28. The molecule has 0 spiro atoms. The molecule has 2 N–H and O–H groups in total. The predicted molar refractivity (Wildman–Crippen MR) is 66.8 cm³/mol. The van der Waals surface area contributed by atoms with Gasteiger partial charge in [-0.25, -0.2) is 5.01 Å². The zero-order valence-corrected chi connectivity index (χ0v) is 10.9. The van der Waals surface area contributed by atoms with Crippen LogP contribution in [-0.4, -0.2) is 31.6 Å². The number of carbonyl (C=O) groups excluding carboxylic acids is 1. The molecule has 1 rings (SSSR count). The van der Waals surface area contributed by atoms with Gasteiger partial charge in [-0.3, -0.25) is 10.2 Å². The Morgan fingerprint density at radius 2 is 1.95 bits per heavy atom. The van der Waals surface area contributed by atoms with Crippen molar-refractivity contribution in [3.05, 3.63) is 29.3 Å². The molecule has 0 saturated heterocycles. The number of alkyl halides is 3. The summed E-state index contributed by atoms with van der Waals surface area (Å²) in [6.07, 6.45) is -4.47. The van der Waals surface area contributed by atoms with Crippen molar-refractivity contribution in [2.75, 3.05) is 26.0 Å². The average molecular weight is 275 g/mol. The largest absolute Gasteiger partial charge is 0.416 e. The lowest BCUT2D eigenvalue weighted by Crippen LogP contribution is -2.36. The summed E-state index contributed by atoms with van der Waals surface area (Å²) in [6, 6.07) is 3.05. The second-order valence-electron chi connectivity index (χ2n) is 4.12. The summed E-state index contributed by atoms with van der Waals surface area (Å²) in [5, 5.41) is 4.24. The minimum atomic E-state index is -4.47. The zero-order valence-electron chi connectivity index (χ0n) is 10.9. The number of hydrogen-bond donors (Lipinski definition) is 2. The molecule has 0 heterocycles. The molecule has 7 heteroatoms. The lowest BCUT2D eigenvalue weighted by molar-refractivity contribution is -0.137. The summed E-state index contributed by atoms with van der Waals surface area (Å²) in [6.45, 7) is 2.30. The predicted octanol–water partition coefficient (Wildman–Crippen LogP) is 2.34. The highest BCUT2D eigenvalue weighted by atomic mass is 19.4. The highest BCUT2D eigenvalue weighted by Gasteiger charge is 2.31. The van der Waals surface area contributed by atoms with Crippen molar-refractivity contribution >= 4 is 11.6 Å². The molecule has 1 aromatic carbocycles. The van der Waals surface area contributed by atoms with Crippen LogP contribution in [0.4, 0.5) is 18.9 Å². The minimum absolute atomic E-state index is 0.0367. The Hall–Kier alpha value is -1.76. The molecule has 1 aromatic rings. The van der Waals surface area contributed by atoms with Crippen LogP contribution in [0.25, 0.3) is 0 Å². The fourth-order valence-electron chi connectivity index (χ4n) is 1.52. The first-order chi connectivity index (χ1) is 8.75. The third kappa shape index (κ3) is 4.13. The minimum Gasteiger partial charge on any atom is -0.385 e. The number of carbonyl (C=O) groups is 1. The lowest BCUT2D eigenvalue weighted by atomic mass is 10.1. The standard InChI is InChI=1S/C12H16F3N3O/c1-4-16-10-6-5-8(12(13,14)15)7-9(10)11(19)17-18(2)3/h5-7,16H,4H2,1-3H3,(H,17,19). The van der Waals surface area contributed by atoms with Gasteiger partial charge in [0.25, 0.3) is 5.91 Å². The van der Waals surface area contributed by atoms with Crippen molar-refractivity contribution in [2.45, 2.75) is 13.1 Å². The van der Waals surface area contributed by atoms with Gasteiger partial charge in [-0.2, -0.15) is 13.2 Å². The Balaban J connectivity index is 3.19. The van der Waals surface area contributed by atoms with Gasteiger partial charge in [-0.15, -0.1) is 0 Å². The van der Waals surface area contributed by atoms with Gasteiger partial charge in [0.05, 0.1) is 11.1 Å². The smallest absolute Gasteiger partial charge is 0.385 e. The number of rotatable bonds is 4. The lowest BCUT2D eigenvalue weighted by Gasteiger charge is -2.16. The molecule has 0 fully saturated rings. The molecule has 1 amide bonds. The topological polar surface area (TPSA) is 44.4 Å². The van der Waals surface area contributed by atoms with Crippen molar-refractivity contribution in [2.24, 2.45) is 0 Å². The van der Waals surface area contributed by atoms with Gasteiger partial charge in [-0.05, 0) is 25.1 Å². The SMILES string of the molecule is CCNc1ccc(C(F)(F)F)cc1C(=O)NN(C)C. The monoisotopic (exact) mass is 275 g/mol. The molecule has 0 saturated carbocycles. The molecule has 0 aromatic heterocycles. The summed E-state index contributed by atoms with van der Waals surface area (Å²) < 4.78 is 37.9. The quantitative estimate of drug-likeness (QED) is 0.829. The van der Waals surface area contributed by atoms with Gasteiger partial charge in [0.1, 0.15) is 0 Å². The molecule has 0 radical (unpaired) electrons. The third-order valence-corrected chi connectivity index (χ3v) is 2.28. The van der Waals surface area contributed by atoms with E-state index in [0.717, 1.165) is 12.1 Å². The highest BCUT2D eigenvalue weighted by molar-refractivity contribution is 5.99. The molecule has 0 aliphatic rings. The number of amides is 1. The number of nitrogens with one attached hydrogen (secondary N) is 2. The van der Waals surface area contributed by atoms with Crippen molar-refractivity contribution in [3.63, 3.8) is 0 Å². The fraction of sp³-hybridized carbons (Fsp3) is 0.417. The van der Waals surface area contributed by atoms with E-state index in [1.807, 2.05) is 0 Å². The van der Waals surface area contributed by atoms with E-state index in [0.29, 0.717) is 12.2 Å². The van der Waals surface area contributed by atoms with Crippen LogP contribution in [0.15, 0.2) is 18.2 Å². The van der Waals surface area contributed by atoms with Crippen LogP contribution in [-0.2, 0) is 6.18 Å². The molecule has 19 heavy (non-hydrogen) atoms. The van der Waals surface area contributed by atoms with E-state index in [1.54, 1.807) is 21.0 Å². The van der Waals surface area contributed by atoms with Gasteiger partial charge in [0, 0.05) is 26.3 Å². The van der Waals surface area contributed by atoms with E-state index in [2.05, 4.69) is 10.7 Å². The van der Waals surface area contributed by atoms with Crippen molar-refractivity contribution in [1.29, 1.82) is 0 Å². The first kappa shape index (κ1) is 15.3. The second-order valence-corrected chi connectivity index (χ2v) is 4.12. The number of halogens is 3. The van der Waals surface area contributed by atoms with Crippen LogP contribution >= 0.6 is 0 Å². The molecule has 0 aliphatic heterocycles. The summed E-state index contributed by atoms with van der Waals surface area (Å²) in [4.78, 5) is 11.9. The summed E-state index contributed by atoms with van der Waals surface area (Å²) in [5.41, 5.74) is 1.91. The highest BCUT2D eigenvalue weighted by Crippen LogP contribution is 2.31. The summed E-state index contributed by atoms with van der Waals surface area (Å²) >= 11 is 0. The molecular formula is C12H16F3N3O. The van der Waals surface area contributed by atoms with Crippen molar-refractivity contribution in [1.82, 2.24) is 10.4 Å². The Morgan fingerprint density at radius 3 is 2.42 bits per heavy atom. The zero-order chi connectivity index (χ0) is 14.6. The van der Waals surface area contributed by atoms with Crippen LogP contribution < -0.4 is 10.7 Å². The number of nitrogens with zero attached hydrogens (tertiary/aromatic N) is 1. The normalized spacial score (nSPS) is 11.5. The van der Waals surface area contributed by atoms with Crippen LogP contribution in [0.5, 0.6) is 0 Å². The molecule has 4 nitrogen and oxygen atoms in total. The van der Waals surface area contributed by atoms with Gasteiger partial charge in [-0.1, -0.05) is 0 Å². The van der Waals surface area contributed by atoms with Crippen molar-refractivity contribution < 1.29 is 18.0 Å². The van der Waals surface area contributed by atoms with E-state index >= 15 is 0 Å². The van der Waals surface area contributed by atoms with Gasteiger partial charge in [0.2, 0.25) is 0 Å². The Bertz CT molecular complexity index is 458. The Labute approximate surface area is 109 Å². The Morgan fingerprint density at radius 1 is 1.32 bits per heavy atom. The second kappa shape index (κ2) is 5.92. The first-order valence-electron chi connectivity index (χ1n) is 5.69. The summed E-state index contributed by atoms with van der Waals surface area (Å²) in [5.74, 6) is -0.591. The number of benzene rings is 1. The number of anilines is 1. The van der Waals surface area contributed by atoms with E-state index in [-0.39, 0.29) is 5.56 Å². The van der Waals surface area contributed by atoms with Crippen LogP contribution in [0.1, 0.15) is 22.8 Å². The maximum absolute atomic E-state index is 12.6. The van der Waals surface area contributed by atoms with E-state index < -0.39 is 17.6 Å². The van der Waals surface area contributed by atoms with E-state index in [1.165, 1.54) is 11.1 Å².